The van der Waals surface area contributed by atoms with Crippen LogP contribution in [0.3, 0.4) is 0 Å². The summed E-state index contributed by atoms with van der Waals surface area (Å²) >= 11 is 0. The van der Waals surface area contributed by atoms with E-state index < -0.39 is 11.8 Å². The SMILES string of the molecule is CC(C)(C)N=NC(C)(C)NC(=O)Oc1ccccc1. The second-order valence-corrected chi connectivity index (χ2v) is 5.76. The number of amides is 1. The number of ether oxygens (including phenoxy) is 1. The number of nitrogens with one attached hydrogen (secondary N) is 1. The van der Waals surface area contributed by atoms with Crippen molar-refractivity contribution < 1.29 is 9.53 Å². The highest BCUT2D eigenvalue weighted by molar-refractivity contribution is 5.71. The van der Waals surface area contributed by atoms with Crippen molar-refractivity contribution in [2.24, 2.45) is 10.2 Å². The maximum absolute atomic E-state index is 11.7. The van der Waals surface area contributed by atoms with Gasteiger partial charge in [0.1, 0.15) is 11.4 Å². The number of carbonyl (C=O) groups excluding carboxylic acids is 1. The van der Waals surface area contributed by atoms with Gasteiger partial charge < -0.3 is 4.74 Å². The van der Waals surface area contributed by atoms with Crippen LogP contribution in [0.5, 0.6) is 5.75 Å². The lowest BCUT2D eigenvalue weighted by Gasteiger charge is -2.21. The van der Waals surface area contributed by atoms with Crippen LogP contribution in [0.15, 0.2) is 40.6 Å². The van der Waals surface area contributed by atoms with Crippen molar-refractivity contribution in [2.45, 2.75) is 45.8 Å². The predicted octanol–water partition coefficient (Wildman–Crippen LogP) is 3.76. The molecule has 5 heteroatoms. The topological polar surface area (TPSA) is 63.0 Å². The summed E-state index contributed by atoms with van der Waals surface area (Å²) in [6, 6.07) is 8.87. The second kappa shape index (κ2) is 5.82. The van der Waals surface area contributed by atoms with Crippen LogP contribution < -0.4 is 10.1 Å². The van der Waals surface area contributed by atoms with Gasteiger partial charge in [0.05, 0.1) is 5.54 Å². The monoisotopic (exact) mass is 263 g/mol. The van der Waals surface area contributed by atoms with E-state index in [1.807, 2.05) is 26.8 Å². The van der Waals surface area contributed by atoms with Crippen LogP contribution in [-0.4, -0.2) is 17.3 Å². The van der Waals surface area contributed by atoms with Gasteiger partial charge in [0, 0.05) is 0 Å². The summed E-state index contributed by atoms with van der Waals surface area (Å²) in [6.45, 7) is 9.33. The van der Waals surface area contributed by atoms with Gasteiger partial charge in [-0.1, -0.05) is 18.2 Å². The standard InChI is InChI=1S/C14H21N3O2/c1-13(2,3)16-17-14(4,5)15-12(18)19-11-9-7-6-8-10-11/h6-10H,1-5H3,(H,15,18). The molecule has 0 aliphatic heterocycles. The van der Waals surface area contributed by atoms with E-state index >= 15 is 0 Å². The molecule has 0 bridgehead atoms. The highest BCUT2D eigenvalue weighted by Crippen LogP contribution is 2.14. The van der Waals surface area contributed by atoms with Crippen molar-refractivity contribution in [2.75, 3.05) is 0 Å². The zero-order chi connectivity index (χ0) is 14.5. The van der Waals surface area contributed by atoms with Gasteiger partial charge in [-0.2, -0.15) is 10.2 Å². The molecule has 0 heterocycles. The van der Waals surface area contributed by atoms with Gasteiger partial charge in [0.15, 0.2) is 0 Å². The van der Waals surface area contributed by atoms with Crippen LogP contribution in [0, 0.1) is 0 Å². The van der Waals surface area contributed by atoms with Gasteiger partial charge in [0.25, 0.3) is 0 Å². The predicted molar refractivity (Wildman–Crippen MR) is 74.3 cm³/mol. The van der Waals surface area contributed by atoms with Crippen molar-refractivity contribution in [1.29, 1.82) is 0 Å². The van der Waals surface area contributed by atoms with Crippen LogP contribution in [0.1, 0.15) is 34.6 Å². The normalized spacial score (nSPS) is 12.5. The third-order valence-electron chi connectivity index (χ3n) is 1.96. The molecular weight excluding hydrogens is 242 g/mol. The van der Waals surface area contributed by atoms with E-state index in [1.165, 1.54) is 0 Å². The van der Waals surface area contributed by atoms with E-state index in [-0.39, 0.29) is 5.54 Å². The molecule has 0 fully saturated rings. The molecule has 0 aliphatic rings. The lowest BCUT2D eigenvalue weighted by atomic mass is 10.1. The van der Waals surface area contributed by atoms with Gasteiger partial charge in [-0.05, 0) is 46.8 Å². The summed E-state index contributed by atoms with van der Waals surface area (Å²) in [5.74, 6) is 0.489. The first-order valence-electron chi connectivity index (χ1n) is 6.17. The quantitative estimate of drug-likeness (QED) is 0.844. The second-order valence-electron chi connectivity index (χ2n) is 5.76. The average molecular weight is 263 g/mol. The molecule has 104 valence electrons. The fraction of sp³-hybridized carbons (Fsp3) is 0.500. The minimum atomic E-state index is -0.806. The zero-order valence-electron chi connectivity index (χ0n) is 12.1. The Morgan fingerprint density at radius 1 is 1.05 bits per heavy atom. The number of nitrogens with zero attached hydrogens (tertiary/aromatic N) is 2. The highest BCUT2D eigenvalue weighted by atomic mass is 16.6. The van der Waals surface area contributed by atoms with Crippen LogP contribution in [-0.2, 0) is 0 Å². The molecule has 0 atom stereocenters. The van der Waals surface area contributed by atoms with E-state index in [2.05, 4.69) is 15.5 Å². The minimum Gasteiger partial charge on any atom is -0.410 e. The van der Waals surface area contributed by atoms with Crippen LogP contribution in [0.4, 0.5) is 4.79 Å². The number of azo groups is 1. The molecule has 1 N–H and O–H groups in total. The van der Waals surface area contributed by atoms with E-state index in [0.29, 0.717) is 5.75 Å². The Balaban J connectivity index is 2.58. The first-order chi connectivity index (χ1) is 8.68. The third kappa shape index (κ3) is 6.55. The van der Waals surface area contributed by atoms with Crippen LogP contribution >= 0.6 is 0 Å². The summed E-state index contributed by atoms with van der Waals surface area (Å²) < 4.78 is 5.13. The molecule has 0 saturated heterocycles. The molecule has 5 nitrogen and oxygen atoms in total. The van der Waals surface area contributed by atoms with Gasteiger partial charge >= 0.3 is 6.09 Å². The molecule has 0 radical (unpaired) electrons. The Morgan fingerprint density at radius 3 is 2.16 bits per heavy atom. The molecule has 19 heavy (non-hydrogen) atoms. The van der Waals surface area contributed by atoms with Crippen molar-refractivity contribution in [3.05, 3.63) is 30.3 Å². The molecule has 0 aliphatic carbocycles. The van der Waals surface area contributed by atoms with Crippen molar-refractivity contribution >= 4 is 6.09 Å². The van der Waals surface area contributed by atoms with Crippen molar-refractivity contribution in [3.8, 4) is 5.75 Å². The molecular formula is C14H21N3O2. The molecule has 1 amide bonds. The largest absolute Gasteiger partial charge is 0.414 e. The summed E-state index contributed by atoms with van der Waals surface area (Å²) in [7, 11) is 0. The number of hydrogen-bond donors (Lipinski definition) is 1. The molecule has 1 aromatic carbocycles. The minimum absolute atomic E-state index is 0.276. The fourth-order valence-electron chi connectivity index (χ4n) is 1.17. The molecule has 1 aromatic rings. The number of benzene rings is 1. The van der Waals surface area contributed by atoms with Crippen LogP contribution in [0.25, 0.3) is 0 Å². The Hall–Kier alpha value is -1.91. The molecule has 0 spiro atoms. The number of para-hydroxylation sites is 1. The lowest BCUT2D eigenvalue weighted by Crippen LogP contribution is -2.43. The smallest absolute Gasteiger partial charge is 0.410 e. The Bertz CT molecular complexity index is 448. The van der Waals surface area contributed by atoms with Gasteiger partial charge in [-0.3, -0.25) is 5.32 Å². The summed E-state index contributed by atoms with van der Waals surface area (Å²) in [6.07, 6.45) is -0.552. The fourth-order valence-corrected chi connectivity index (χ4v) is 1.17. The first kappa shape index (κ1) is 15.1. The van der Waals surface area contributed by atoms with Gasteiger partial charge in [-0.15, -0.1) is 0 Å². The third-order valence-corrected chi connectivity index (χ3v) is 1.96. The Morgan fingerprint density at radius 2 is 1.63 bits per heavy atom. The van der Waals surface area contributed by atoms with Crippen LogP contribution in [0.2, 0.25) is 0 Å². The highest BCUT2D eigenvalue weighted by Gasteiger charge is 2.22. The van der Waals surface area contributed by atoms with Crippen molar-refractivity contribution in [3.63, 3.8) is 0 Å². The molecule has 0 saturated carbocycles. The summed E-state index contributed by atoms with van der Waals surface area (Å²) in [5.41, 5.74) is -1.08. The summed E-state index contributed by atoms with van der Waals surface area (Å²) in [5, 5.41) is 10.9. The summed E-state index contributed by atoms with van der Waals surface area (Å²) in [4.78, 5) is 11.7. The Labute approximate surface area is 114 Å². The number of rotatable bonds is 3. The Kier molecular flexibility index (Phi) is 4.64. The average Bonchev–Trinajstić information content (AvgIpc) is 2.26. The zero-order valence-corrected chi connectivity index (χ0v) is 12.1. The number of hydrogen-bond acceptors (Lipinski definition) is 4. The maximum atomic E-state index is 11.7. The molecule has 1 rings (SSSR count). The van der Waals surface area contributed by atoms with Crippen molar-refractivity contribution in [1.82, 2.24) is 5.32 Å². The molecule has 0 aromatic heterocycles. The first-order valence-corrected chi connectivity index (χ1v) is 6.17. The number of carbonyl (C=O) groups is 1. The van der Waals surface area contributed by atoms with Gasteiger partial charge in [-0.25, -0.2) is 4.79 Å². The van der Waals surface area contributed by atoms with E-state index in [0.717, 1.165) is 0 Å². The van der Waals surface area contributed by atoms with E-state index in [9.17, 15) is 4.79 Å². The molecule has 0 unspecified atom stereocenters. The van der Waals surface area contributed by atoms with E-state index in [4.69, 9.17) is 4.74 Å². The lowest BCUT2D eigenvalue weighted by molar-refractivity contribution is 0.187. The van der Waals surface area contributed by atoms with Gasteiger partial charge in [0.2, 0.25) is 0 Å². The van der Waals surface area contributed by atoms with E-state index in [1.54, 1.807) is 38.1 Å². The maximum Gasteiger partial charge on any atom is 0.414 e.